The van der Waals surface area contributed by atoms with Crippen LogP contribution < -0.4 is 4.90 Å². The molecule has 0 aliphatic rings. The summed E-state index contributed by atoms with van der Waals surface area (Å²) in [4.78, 5) is 22.3. The number of aryl methyl sites for hydroxylation is 1. The predicted octanol–water partition coefficient (Wildman–Crippen LogP) is 4.42. The zero-order valence-corrected chi connectivity index (χ0v) is 20.6. The van der Waals surface area contributed by atoms with E-state index in [4.69, 9.17) is 4.98 Å². The third-order valence-corrected chi connectivity index (χ3v) is 7.28. The molecule has 0 spiro atoms. The second-order valence-corrected chi connectivity index (χ2v) is 10.2. The Bertz CT molecular complexity index is 1160. The predicted molar refractivity (Wildman–Crippen MR) is 131 cm³/mol. The first-order valence-corrected chi connectivity index (χ1v) is 12.7. The van der Waals surface area contributed by atoms with Gasteiger partial charge in [0.15, 0.2) is 15.0 Å². The number of hydrogen-bond donors (Lipinski definition) is 0. The molecule has 0 fully saturated rings. The van der Waals surface area contributed by atoms with E-state index in [1.54, 1.807) is 17.0 Å². The van der Waals surface area contributed by atoms with E-state index in [-0.39, 0.29) is 23.2 Å². The number of benzene rings is 2. The molecule has 0 aliphatic heterocycles. The number of hydrogen-bond acceptors (Lipinski definition) is 6. The van der Waals surface area contributed by atoms with Crippen molar-refractivity contribution in [2.45, 2.75) is 25.7 Å². The van der Waals surface area contributed by atoms with E-state index in [2.05, 4.69) is 18.7 Å². The summed E-state index contributed by atoms with van der Waals surface area (Å²) in [6.07, 6.45) is 1.14. The third kappa shape index (κ3) is 5.83. The third-order valence-electron chi connectivity index (χ3n) is 5.13. The van der Waals surface area contributed by atoms with Gasteiger partial charge in [-0.25, -0.2) is 13.4 Å². The Kier molecular flexibility index (Phi) is 8.59. The van der Waals surface area contributed by atoms with E-state index in [1.165, 1.54) is 23.5 Å². The molecule has 2 aromatic carbocycles. The molecular weight excluding hydrogens is 454 g/mol. The SMILES string of the molecule is CCN(CC)CCN(C(=O)c1cccc(S(C)(=O)=O)c1)c1nc2c(C)cccc2s1.Cl. The zero-order chi connectivity index (χ0) is 21.9. The first kappa shape index (κ1) is 25.3. The van der Waals surface area contributed by atoms with Crippen LogP contribution in [0.15, 0.2) is 47.4 Å². The molecule has 0 atom stereocenters. The number of rotatable bonds is 8. The highest BCUT2D eigenvalue weighted by Gasteiger charge is 2.23. The van der Waals surface area contributed by atoms with E-state index >= 15 is 0 Å². The Balaban J connectivity index is 0.00000341. The maximum atomic E-state index is 13.5. The molecule has 0 bridgehead atoms. The molecule has 0 radical (unpaired) electrons. The molecule has 0 aliphatic carbocycles. The number of carbonyl (C=O) groups excluding carboxylic acids is 1. The minimum Gasteiger partial charge on any atom is -0.302 e. The van der Waals surface area contributed by atoms with Crippen molar-refractivity contribution in [3.63, 3.8) is 0 Å². The number of nitrogens with zero attached hydrogens (tertiary/aromatic N) is 3. The van der Waals surface area contributed by atoms with Gasteiger partial charge in [-0.3, -0.25) is 9.69 Å². The minimum atomic E-state index is -3.40. The van der Waals surface area contributed by atoms with Crippen LogP contribution in [0.2, 0.25) is 0 Å². The number of likely N-dealkylation sites (N-methyl/N-ethyl adjacent to an activating group) is 1. The number of amides is 1. The summed E-state index contributed by atoms with van der Waals surface area (Å²) in [5.41, 5.74) is 2.29. The maximum absolute atomic E-state index is 13.5. The van der Waals surface area contributed by atoms with Crippen molar-refractivity contribution >= 4 is 54.8 Å². The molecule has 3 aromatic rings. The van der Waals surface area contributed by atoms with Crippen LogP contribution in [0.5, 0.6) is 0 Å². The van der Waals surface area contributed by atoms with E-state index in [0.29, 0.717) is 23.8 Å². The quantitative estimate of drug-likeness (QED) is 0.476. The lowest BCUT2D eigenvalue weighted by Crippen LogP contribution is -2.39. The molecule has 9 heteroatoms. The van der Waals surface area contributed by atoms with Gasteiger partial charge in [-0.1, -0.05) is 43.4 Å². The molecule has 1 aromatic heterocycles. The van der Waals surface area contributed by atoms with Crippen molar-refractivity contribution in [2.24, 2.45) is 0 Å². The van der Waals surface area contributed by atoms with Crippen molar-refractivity contribution in [1.82, 2.24) is 9.88 Å². The second-order valence-electron chi connectivity index (χ2n) is 7.20. The fourth-order valence-corrected chi connectivity index (χ4v) is 5.01. The number of thiazole rings is 1. The van der Waals surface area contributed by atoms with Crippen LogP contribution in [0.1, 0.15) is 29.8 Å². The van der Waals surface area contributed by atoms with Crippen molar-refractivity contribution in [1.29, 1.82) is 0 Å². The van der Waals surface area contributed by atoms with Crippen LogP contribution in [0.25, 0.3) is 10.2 Å². The van der Waals surface area contributed by atoms with Gasteiger partial charge >= 0.3 is 0 Å². The van der Waals surface area contributed by atoms with Gasteiger partial charge in [-0.05, 0) is 49.8 Å². The van der Waals surface area contributed by atoms with E-state index in [9.17, 15) is 13.2 Å². The number of para-hydroxylation sites is 1. The zero-order valence-electron chi connectivity index (χ0n) is 18.2. The summed E-state index contributed by atoms with van der Waals surface area (Å²) < 4.78 is 24.9. The van der Waals surface area contributed by atoms with E-state index in [1.807, 2.05) is 25.1 Å². The molecule has 1 amide bonds. The van der Waals surface area contributed by atoms with E-state index in [0.717, 1.165) is 35.1 Å². The van der Waals surface area contributed by atoms with Gasteiger partial charge in [-0.15, -0.1) is 12.4 Å². The summed E-state index contributed by atoms with van der Waals surface area (Å²) >= 11 is 1.48. The first-order valence-electron chi connectivity index (χ1n) is 9.95. The normalized spacial score (nSPS) is 11.5. The highest BCUT2D eigenvalue weighted by molar-refractivity contribution is 7.90. The summed E-state index contributed by atoms with van der Waals surface area (Å²) in [5, 5.41) is 0.626. The van der Waals surface area contributed by atoms with Gasteiger partial charge < -0.3 is 4.90 Å². The second kappa shape index (κ2) is 10.5. The number of aromatic nitrogens is 1. The van der Waals surface area contributed by atoms with Crippen LogP contribution in [-0.2, 0) is 9.84 Å². The minimum absolute atomic E-state index is 0. The van der Waals surface area contributed by atoms with Gasteiger partial charge in [0.05, 0.1) is 15.1 Å². The molecular formula is C22H28ClN3O3S2. The van der Waals surface area contributed by atoms with Gasteiger partial charge in [-0.2, -0.15) is 0 Å². The Labute approximate surface area is 194 Å². The van der Waals surface area contributed by atoms with Crippen LogP contribution in [0.4, 0.5) is 5.13 Å². The average Bonchev–Trinajstić information content (AvgIpc) is 3.16. The van der Waals surface area contributed by atoms with Crippen LogP contribution in [-0.4, -0.2) is 56.6 Å². The van der Waals surface area contributed by atoms with Crippen molar-refractivity contribution in [2.75, 3.05) is 37.3 Å². The average molecular weight is 482 g/mol. The molecule has 31 heavy (non-hydrogen) atoms. The van der Waals surface area contributed by atoms with Crippen LogP contribution in [0.3, 0.4) is 0 Å². The molecule has 3 rings (SSSR count). The first-order chi connectivity index (χ1) is 14.2. The lowest BCUT2D eigenvalue weighted by molar-refractivity contribution is 0.0983. The lowest BCUT2D eigenvalue weighted by atomic mass is 10.2. The number of carbonyl (C=O) groups is 1. The van der Waals surface area contributed by atoms with Crippen LogP contribution in [0, 0.1) is 6.92 Å². The molecule has 168 valence electrons. The largest absolute Gasteiger partial charge is 0.302 e. The van der Waals surface area contributed by atoms with Crippen molar-refractivity contribution < 1.29 is 13.2 Å². The van der Waals surface area contributed by atoms with Gasteiger partial charge in [0.2, 0.25) is 0 Å². The van der Waals surface area contributed by atoms with Gasteiger partial charge in [0.1, 0.15) is 0 Å². The lowest BCUT2D eigenvalue weighted by Gasteiger charge is -2.25. The Hall–Kier alpha value is -2.00. The molecule has 0 unspecified atom stereocenters. The molecule has 6 nitrogen and oxygen atoms in total. The van der Waals surface area contributed by atoms with Crippen molar-refractivity contribution in [3.05, 3.63) is 53.6 Å². The van der Waals surface area contributed by atoms with Crippen LogP contribution >= 0.6 is 23.7 Å². The number of fused-ring (bicyclic) bond motifs is 1. The topological polar surface area (TPSA) is 70.6 Å². The summed E-state index contributed by atoms with van der Waals surface area (Å²) in [7, 11) is -3.40. The molecule has 0 saturated heterocycles. The van der Waals surface area contributed by atoms with Gasteiger partial charge in [0, 0.05) is 24.9 Å². The Morgan fingerprint density at radius 1 is 1.06 bits per heavy atom. The molecule has 1 heterocycles. The van der Waals surface area contributed by atoms with E-state index < -0.39 is 9.84 Å². The fraction of sp³-hybridized carbons (Fsp3) is 0.364. The summed E-state index contributed by atoms with van der Waals surface area (Å²) in [5.74, 6) is -0.246. The monoisotopic (exact) mass is 481 g/mol. The van der Waals surface area contributed by atoms with Crippen molar-refractivity contribution in [3.8, 4) is 0 Å². The highest BCUT2D eigenvalue weighted by atomic mass is 35.5. The molecule has 0 N–H and O–H groups in total. The summed E-state index contributed by atoms with van der Waals surface area (Å²) in [6.45, 7) is 9.14. The smallest absolute Gasteiger partial charge is 0.260 e. The maximum Gasteiger partial charge on any atom is 0.260 e. The highest BCUT2D eigenvalue weighted by Crippen LogP contribution is 2.31. The number of anilines is 1. The Morgan fingerprint density at radius 3 is 2.35 bits per heavy atom. The Morgan fingerprint density at radius 2 is 1.74 bits per heavy atom. The number of halogens is 1. The summed E-state index contributed by atoms with van der Waals surface area (Å²) in [6, 6.07) is 12.2. The fourth-order valence-electron chi connectivity index (χ4n) is 3.27. The number of sulfone groups is 1. The van der Waals surface area contributed by atoms with Gasteiger partial charge in [0.25, 0.3) is 5.91 Å². The standard InChI is InChI=1S/C22H27N3O3S2.ClH/c1-5-24(6-2)13-14-25(22-23-20-16(3)9-7-12-19(20)29-22)21(26)17-10-8-11-18(15-17)30(4,27)28;/h7-12,15H,5-6,13-14H2,1-4H3;1H. The molecule has 0 saturated carbocycles.